The average molecular weight is 606 g/mol. The van der Waals surface area contributed by atoms with Crippen LogP contribution in [0.1, 0.15) is 21.5 Å². The number of halogens is 2. The van der Waals surface area contributed by atoms with Gasteiger partial charge in [-0.2, -0.15) is 0 Å². The van der Waals surface area contributed by atoms with Gasteiger partial charge in [0.1, 0.15) is 12.4 Å². The number of ether oxygens (including phenoxy) is 1. The maximum absolute atomic E-state index is 12.8. The van der Waals surface area contributed by atoms with E-state index in [1.165, 1.54) is 0 Å². The summed E-state index contributed by atoms with van der Waals surface area (Å²) < 4.78 is 5.84. The van der Waals surface area contributed by atoms with Crippen LogP contribution < -0.4 is 20.3 Å². The van der Waals surface area contributed by atoms with Gasteiger partial charge >= 0.3 is 0 Å². The van der Waals surface area contributed by atoms with Crippen molar-refractivity contribution in [3.05, 3.63) is 124 Å². The fraction of sp³-hybridized carbons (Fsp3) is 0.188. The first kappa shape index (κ1) is 28.9. The molecule has 1 heterocycles. The number of hydrogen-bond acceptors (Lipinski definition) is 5. The van der Waals surface area contributed by atoms with Crippen LogP contribution in [0.5, 0.6) is 5.75 Å². The van der Waals surface area contributed by atoms with E-state index in [0.717, 1.165) is 54.6 Å². The Labute approximate surface area is 255 Å². The number of hydrogen-bond donors (Lipinski definition) is 2. The minimum absolute atomic E-state index is 0.183. The summed E-state index contributed by atoms with van der Waals surface area (Å²) in [5.41, 5.74) is 4.30. The molecule has 0 saturated carbocycles. The Balaban J connectivity index is 1.11. The van der Waals surface area contributed by atoms with Crippen LogP contribution in [-0.4, -0.2) is 42.1 Å². The van der Waals surface area contributed by atoms with Gasteiger partial charge in [-0.25, -0.2) is 0 Å². The lowest BCUT2D eigenvalue weighted by Crippen LogP contribution is -2.46. The average Bonchev–Trinajstić information content (AvgIpc) is 2.98. The maximum atomic E-state index is 12.8. The monoisotopic (exact) mass is 604 g/mol. The molecule has 0 spiro atoms. The molecule has 1 aliphatic heterocycles. The van der Waals surface area contributed by atoms with Crippen molar-refractivity contribution in [2.45, 2.75) is 13.2 Å². The van der Waals surface area contributed by atoms with Gasteiger partial charge in [-0.3, -0.25) is 15.0 Å². The fourth-order valence-corrected chi connectivity index (χ4v) is 5.37. The second kappa shape index (κ2) is 13.8. The Morgan fingerprint density at radius 3 is 2.34 bits per heavy atom. The highest BCUT2D eigenvalue weighted by atomic mass is 35.5. The van der Waals surface area contributed by atoms with Crippen LogP contribution >= 0.6 is 35.4 Å². The summed E-state index contributed by atoms with van der Waals surface area (Å²) in [6.07, 6.45) is 0. The van der Waals surface area contributed by atoms with Gasteiger partial charge in [0.15, 0.2) is 5.11 Å². The van der Waals surface area contributed by atoms with Gasteiger partial charge in [0.25, 0.3) is 5.91 Å². The lowest BCUT2D eigenvalue weighted by Gasteiger charge is -2.36. The number of amides is 1. The van der Waals surface area contributed by atoms with Crippen molar-refractivity contribution in [1.82, 2.24) is 10.2 Å². The molecule has 210 valence electrons. The number of rotatable bonds is 8. The van der Waals surface area contributed by atoms with Crippen LogP contribution in [0.4, 0.5) is 11.4 Å². The number of benzene rings is 4. The Morgan fingerprint density at radius 2 is 1.59 bits per heavy atom. The van der Waals surface area contributed by atoms with E-state index in [1.807, 2.05) is 72.8 Å². The summed E-state index contributed by atoms with van der Waals surface area (Å²) >= 11 is 18.4. The molecule has 0 aromatic heterocycles. The Kier molecular flexibility index (Phi) is 9.75. The highest BCUT2D eigenvalue weighted by Gasteiger charge is 2.20. The smallest absolute Gasteiger partial charge is 0.257 e. The first-order valence-electron chi connectivity index (χ1n) is 13.3. The SMILES string of the molecule is O=C(NC(=S)Nc1ccc(N2CCN(Cc3ccccc3Cl)CC2)c(Cl)c1)c1cccc(OCc2ccccc2)c1. The number of nitrogens with one attached hydrogen (secondary N) is 2. The topological polar surface area (TPSA) is 56.8 Å². The molecule has 1 aliphatic rings. The summed E-state index contributed by atoms with van der Waals surface area (Å²) in [5, 5.41) is 7.39. The molecule has 4 aromatic rings. The highest BCUT2D eigenvalue weighted by molar-refractivity contribution is 7.80. The number of carbonyl (C=O) groups excluding carboxylic acids is 1. The van der Waals surface area contributed by atoms with Crippen molar-refractivity contribution < 1.29 is 9.53 Å². The quantitative estimate of drug-likeness (QED) is 0.211. The third-order valence-electron chi connectivity index (χ3n) is 6.84. The fourth-order valence-electron chi connectivity index (χ4n) is 4.66. The van der Waals surface area contributed by atoms with Crippen molar-refractivity contribution in [2.24, 2.45) is 0 Å². The second-order valence-corrected chi connectivity index (χ2v) is 11.0. The number of thiocarbonyl (C=S) groups is 1. The van der Waals surface area contributed by atoms with Gasteiger partial charge in [0.05, 0.1) is 10.7 Å². The summed E-state index contributed by atoms with van der Waals surface area (Å²) in [7, 11) is 0. The van der Waals surface area contributed by atoms with Crippen molar-refractivity contribution in [1.29, 1.82) is 0 Å². The van der Waals surface area contributed by atoms with Gasteiger partial charge in [-0.05, 0) is 65.8 Å². The molecule has 41 heavy (non-hydrogen) atoms. The highest BCUT2D eigenvalue weighted by Crippen LogP contribution is 2.30. The predicted octanol–water partition coefficient (Wildman–Crippen LogP) is 7.02. The van der Waals surface area contributed by atoms with Gasteiger partial charge in [-0.1, -0.05) is 77.8 Å². The zero-order valence-electron chi connectivity index (χ0n) is 22.4. The third kappa shape index (κ3) is 7.99. The molecule has 1 amide bonds. The van der Waals surface area contributed by atoms with Crippen LogP contribution in [0, 0.1) is 0 Å². The Bertz CT molecular complexity index is 1510. The van der Waals surface area contributed by atoms with Crippen LogP contribution in [0.3, 0.4) is 0 Å². The van der Waals surface area contributed by atoms with Crippen molar-refractivity contribution >= 4 is 57.8 Å². The molecule has 4 aromatic carbocycles. The molecular formula is C32H30Cl2N4O2S. The van der Waals surface area contributed by atoms with E-state index in [-0.39, 0.29) is 11.0 Å². The van der Waals surface area contributed by atoms with E-state index in [1.54, 1.807) is 18.2 Å². The number of piperazine rings is 1. The first-order chi connectivity index (χ1) is 19.9. The minimum Gasteiger partial charge on any atom is -0.489 e. The van der Waals surface area contributed by atoms with Gasteiger partial charge in [-0.15, -0.1) is 0 Å². The largest absolute Gasteiger partial charge is 0.489 e. The van der Waals surface area contributed by atoms with Crippen LogP contribution in [-0.2, 0) is 13.2 Å². The molecule has 1 fully saturated rings. The van der Waals surface area contributed by atoms with Crippen molar-refractivity contribution in [3.8, 4) is 5.75 Å². The molecule has 0 radical (unpaired) electrons. The lowest BCUT2D eigenvalue weighted by molar-refractivity contribution is 0.0977. The molecule has 6 nitrogen and oxygen atoms in total. The van der Waals surface area contributed by atoms with Crippen LogP contribution in [0.25, 0.3) is 0 Å². The summed E-state index contributed by atoms with van der Waals surface area (Å²) in [6, 6.07) is 30.6. The van der Waals surface area contributed by atoms with Gasteiger partial charge in [0.2, 0.25) is 0 Å². The summed E-state index contributed by atoms with van der Waals surface area (Å²) in [4.78, 5) is 17.5. The van der Waals surface area contributed by atoms with Gasteiger partial charge < -0.3 is 15.0 Å². The molecule has 0 bridgehead atoms. The van der Waals surface area contributed by atoms with E-state index >= 15 is 0 Å². The molecule has 2 N–H and O–H groups in total. The Hall–Kier alpha value is -3.62. The second-order valence-electron chi connectivity index (χ2n) is 9.73. The molecular weight excluding hydrogens is 575 g/mol. The van der Waals surface area contributed by atoms with Gasteiger partial charge in [0, 0.05) is 49.0 Å². The first-order valence-corrected chi connectivity index (χ1v) is 14.5. The standard InChI is InChI=1S/C32H30Cl2N4O2S/c33-28-12-5-4-9-25(28)21-37-15-17-38(18-16-37)30-14-13-26(20-29(30)34)35-32(41)36-31(39)24-10-6-11-27(19-24)40-22-23-7-2-1-3-8-23/h1-14,19-20H,15-18,21-22H2,(H2,35,36,39,41). The molecule has 5 rings (SSSR count). The van der Waals surface area contributed by atoms with E-state index < -0.39 is 0 Å². The van der Waals surface area contributed by atoms with E-state index in [9.17, 15) is 4.79 Å². The predicted molar refractivity (Wildman–Crippen MR) is 171 cm³/mol. The minimum atomic E-state index is -0.329. The maximum Gasteiger partial charge on any atom is 0.257 e. The van der Waals surface area contributed by atoms with Crippen molar-refractivity contribution in [2.75, 3.05) is 36.4 Å². The molecule has 0 aliphatic carbocycles. The van der Waals surface area contributed by atoms with Crippen LogP contribution in [0.2, 0.25) is 10.0 Å². The zero-order valence-corrected chi connectivity index (χ0v) is 24.7. The molecule has 9 heteroatoms. The summed E-state index contributed by atoms with van der Waals surface area (Å²) in [6.45, 7) is 4.80. The molecule has 0 atom stereocenters. The van der Waals surface area contributed by atoms with Crippen molar-refractivity contribution in [3.63, 3.8) is 0 Å². The molecule has 0 unspecified atom stereocenters. The number of carbonyl (C=O) groups is 1. The normalized spacial score (nSPS) is 13.5. The lowest BCUT2D eigenvalue weighted by atomic mass is 10.2. The molecule has 1 saturated heterocycles. The number of nitrogens with zero attached hydrogens (tertiary/aromatic N) is 2. The van der Waals surface area contributed by atoms with E-state index in [4.69, 9.17) is 40.2 Å². The van der Waals surface area contributed by atoms with Crippen LogP contribution in [0.15, 0.2) is 97.1 Å². The van der Waals surface area contributed by atoms with E-state index in [2.05, 4.69) is 26.5 Å². The summed E-state index contributed by atoms with van der Waals surface area (Å²) in [5.74, 6) is 0.275. The zero-order chi connectivity index (χ0) is 28.6. The third-order valence-corrected chi connectivity index (χ3v) is 7.72. The Morgan fingerprint density at radius 1 is 0.829 bits per heavy atom. The van der Waals surface area contributed by atoms with E-state index in [0.29, 0.717) is 28.6 Å². The number of anilines is 2.